The molecule has 1 aliphatic rings. The minimum Gasteiger partial charge on any atom is -0.357 e. The highest BCUT2D eigenvalue weighted by atomic mass is 127. The first kappa shape index (κ1) is 19.5. The standard InChI is InChI=1S/C14H25N5OS.HI/c1-5-15-14(16-8-13-17-11(4)18-20-13)19-6-7-21-12(9-19)10(2)3;/h10,12H,5-9H2,1-4H3,(H,15,16);1H. The summed E-state index contributed by atoms with van der Waals surface area (Å²) in [4.78, 5) is 11.2. The van der Waals surface area contributed by atoms with E-state index in [0.717, 1.165) is 31.3 Å². The van der Waals surface area contributed by atoms with Crippen LogP contribution in [-0.2, 0) is 6.54 Å². The molecule has 2 heterocycles. The van der Waals surface area contributed by atoms with Gasteiger partial charge in [0.05, 0.1) is 0 Å². The maximum Gasteiger partial charge on any atom is 0.248 e. The summed E-state index contributed by atoms with van der Waals surface area (Å²) in [5, 5.41) is 7.82. The molecule has 0 spiro atoms. The van der Waals surface area contributed by atoms with Crippen molar-refractivity contribution in [3.8, 4) is 0 Å². The number of guanidine groups is 1. The number of nitrogens with one attached hydrogen (secondary N) is 1. The van der Waals surface area contributed by atoms with Crippen LogP contribution in [0.1, 0.15) is 32.5 Å². The Labute approximate surface area is 153 Å². The van der Waals surface area contributed by atoms with E-state index in [2.05, 4.69) is 57.9 Å². The lowest BCUT2D eigenvalue weighted by Crippen LogP contribution is -2.49. The van der Waals surface area contributed by atoms with Gasteiger partial charge >= 0.3 is 0 Å². The second-order valence-electron chi connectivity index (χ2n) is 5.50. The molecule has 0 aromatic carbocycles. The van der Waals surface area contributed by atoms with E-state index in [-0.39, 0.29) is 24.0 Å². The third-order valence-corrected chi connectivity index (χ3v) is 4.95. The molecule has 2 rings (SSSR count). The Morgan fingerprint density at radius 2 is 2.32 bits per heavy atom. The number of hydrogen-bond donors (Lipinski definition) is 1. The number of thioether (sulfide) groups is 1. The van der Waals surface area contributed by atoms with E-state index in [4.69, 9.17) is 4.52 Å². The molecule has 1 atom stereocenters. The SMILES string of the molecule is CCNC(=NCc1nc(C)no1)N1CCSC(C(C)C)C1.I. The third-order valence-electron chi connectivity index (χ3n) is 3.41. The Kier molecular flexibility index (Phi) is 8.52. The molecule has 8 heteroatoms. The van der Waals surface area contributed by atoms with E-state index in [0.29, 0.717) is 29.4 Å². The van der Waals surface area contributed by atoms with Crippen molar-refractivity contribution in [2.45, 2.75) is 39.5 Å². The fraction of sp³-hybridized carbons (Fsp3) is 0.786. The normalized spacial score (nSPS) is 19.2. The summed E-state index contributed by atoms with van der Waals surface area (Å²) in [6, 6.07) is 0. The molecule has 1 aromatic heterocycles. The van der Waals surface area contributed by atoms with Crippen molar-refractivity contribution in [2.24, 2.45) is 10.9 Å². The summed E-state index contributed by atoms with van der Waals surface area (Å²) in [7, 11) is 0. The molecule has 1 fully saturated rings. The minimum absolute atomic E-state index is 0. The van der Waals surface area contributed by atoms with E-state index in [1.807, 2.05) is 6.92 Å². The van der Waals surface area contributed by atoms with Crippen LogP contribution in [0.15, 0.2) is 9.52 Å². The average molecular weight is 439 g/mol. The zero-order valence-corrected chi connectivity index (χ0v) is 16.9. The minimum atomic E-state index is 0. The first-order chi connectivity index (χ1) is 10.1. The number of halogens is 1. The van der Waals surface area contributed by atoms with Gasteiger partial charge in [0.2, 0.25) is 5.89 Å². The molecule has 126 valence electrons. The van der Waals surface area contributed by atoms with Crippen LogP contribution < -0.4 is 5.32 Å². The van der Waals surface area contributed by atoms with Crippen LogP contribution in [0.5, 0.6) is 0 Å². The van der Waals surface area contributed by atoms with Gasteiger partial charge in [-0.3, -0.25) is 0 Å². The smallest absolute Gasteiger partial charge is 0.248 e. The second kappa shape index (κ2) is 9.59. The molecular weight excluding hydrogens is 413 g/mol. The Morgan fingerprint density at radius 3 is 2.91 bits per heavy atom. The highest BCUT2D eigenvalue weighted by Gasteiger charge is 2.24. The molecule has 0 amide bonds. The quantitative estimate of drug-likeness (QED) is 0.442. The van der Waals surface area contributed by atoms with Crippen LogP contribution in [0.3, 0.4) is 0 Å². The number of nitrogens with zero attached hydrogens (tertiary/aromatic N) is 4. The number of aliphatic imine (C=N–C) groups is 1. The van der Waals surface area contributed by atoms with Crippen molar-refractivity contribution in [3.63, 3.8) is 0 Å². The molecular formula is C14H26IN5OS. The second-order valence-corrected chi connectivity index (χ2v) is 6.85. The summed E-state index contributed by atoms with van der Waals surface area (Å²) < 4.78 is 5.12. The van der Waals surface area contributed by atoms with Crippen molar-refractivity contribution in [1.82, 2.24) is 20.4 Å². The Bertz CT molecular complexity index is 480. The predicted molar refractivity (Wildman–Crippen MR) is 102 cm³/mol. The maximum atomic E-state index is 5.12. The molecule has 1 aliphatic heterocycles. The van der Waals surface area contributed by atoms with Crippen LogP contribution in [0, 0.1) is 12.8 Å². The van der Waals surface area contributed by atoms with Gasteiger partial charge in [0, 0.05) is 30.6 Å². The van der Waals surface area contributed by atoms with Gasteiger partial charge in [0.1, 0.15) is 6.54 Å². The van der Waals surface area contributed by atoms with Gasteiger partial charge in [-0.1, -0.05) is 19.0 Å². The Hall–Kier alpha value is -0.510. The topological polar surface area (TPSA) is 66.5 Å². The number of hydrogen-bond acceptors (Lipinski definition) is 5. The van der Waals surface area contributed by atoms with Gasteiger partial charge in [0.25, 0.3) is 0 Å². The van der Waals surface area contributed by atoms with Gasteiger partial charge in [-0.25, -0.2) is 4.99 Å². The van der Waals surface area contributed by atoms with Crippen molar-refractivity contribution >= 4 is 41.7 Å². The average Bonchev–Trinajstić information content (AvgIpc) is 2.89. The summed E-state index contributed by atoms with van der Waals surface area (Å²) in [6.07, 6.45) is 0. The van der Waals surface area contributed by atoms with Gasteiger partial charge in [-0.2, -0.15) is 16.7 Å². The largest absolute Gasteiger partial charge is 0.357 e. The van der Waals surface area contributed by atoms with Gasteiger partial charge in [-0.05, 0) is 19.8 Å². The molecule has 0 radical (unpaired) electrons. The highest BCUT2D eigenvalue weighted by Crippen LogP contribution is 2.24. The molecule has 22 heavy (non-hydrogen) atoms. The zero-order chi connectivity index (χ0) is 15.2. The predicted octanol–water partition coefficient (Wildman–Crippen LogP) is 2.53. The molecule has 1 N–H and O–H groups in total. The molecule has 0 bridgehead atoms. The first-order valence-corrected chi connectivity index (χ1v) is 8.59. The van der Waals surface area contributed by atoms with Crippen molar-refractivity contribution in [1.29, 1.82) is 0 Å². The van der Waals surface area contributed by atoms with Crippen molar-refractivity contribution in [2.75, 3.05) is 25.4 Å². The van der Waals surface area contributed by atoms with Crippen LogP contribution >= 0.6 is 35.7 Å². The first-order valence-electron chi connectivity index (χ1n) is 7.54. The summed E-state index contributed by atoms with van der Waals surface area (Å²) in [5.74, 6) is 3.99. The summed E-state index contributed by atoms with van der Waals surface area (Å²) >= 11 is 2.06. The van der Waals surface area contributed by atoms with Gasteiger partial charge in [-0.15, -0.1) is 24.0 Å². The van der Waals surface area contributed by atoms with Crippen LogP contribution in [0.4, 0.5) is 0 Å². The third kappa shape index (κ3) is 5.60. The lowest BCUT2D eigenvalue weighted by atomic mass is 10.1. The molecule has 6 nitrogen and oxygen atoms in total. The Morgan fingerprint density at radius 1 is 1.55 bits per heavy atom. The highest BCUT2D eigenvalue weighted by molar-refractivity contribution is 14.0. The Balaban J connectivity index is 0.00000242. The molecule has 0 aliphatic carbocycles. The van der Waals surface area contributed by atoms with Gasteiger partial charge in [0.15, 0.2) is 11.8 Å². The van der Waals surface area contributed by atoms with E-state index >= 15 is 0 Å². The van der Waals surface area contributed by atoms with Crippen LogP contribution in [-0.4, -0.2) is 51.6 Å². The molecule has 0 saturated carbocycles. The zero-order valence-electron chi connectivity index (χ0n) is 13.7. The monoisotopic (exact) mass is 439 g/mol. The van der Waals surface area contributed by atoms with Crippen LogP contribution in [0.25, 0.3) is 0 Å². The number of aromatic nitrogens is 2. The van der Waals surface area contributed by atoms with E-state index in [1.54, 1.807) is 0 Å². The fourth-order valence-corrected chi connectivity index (χ4v) is 3.54. The van der Waals surface area contributed by atoms with Crippen molar-refractivity contribution < 1.29 is 4.52 Å². The van der Waals surface area contributed by atoms with E-state index in [1.165, 1.54) is 0 Å². The van der Waals surface area contributed by atoms with Crippen LogP contribution in [0.2, 0.25) is 0 Å². The summed E-state index contributed by atoms with van der Waals surface area (Å²) in [6.45, 7) is 11.8. The lowest BCUT2D eigenvalue weighted by Gasteiger charge is -2.36. The van der Waals surface area contributed by atoms with Crippen molar-refractivity contribution in [3.05, 3.63) is 11.7 Å². The van der Waals surface area contributed by atoms with Gasteiger partial charge < -0.3 is 14.7 Å². The lowest BCUT2D eigenvalue weighted by molar-refractivity contribution is 0.367. The fourth-order valence-electron chi connectivity index (χ4n) is 2.24. The van der Waals surface area contributed by atoms with E-state index in [9.17, 15) is 0 Å². The number of aryl methyl sites for hydroxylation is 1. The number of rotatable bonds is 4. The molecule has 1 unspecified atom stereocenters. The summed E-state index contributed by atoms with van der Waals surface area (Å²) in [5.41, 5.74) is 0. The molecule has 1 aromatic rings. The van der Waals surface area contributed by atoms with E-state index < -0.39 is 0 Å². The maximum absolute atomic E-state index is 5.12. The molecule has 1 saturated heterocycles.